The monoisotopic (exact) mass is 293 g/mol. The molecule has 1 aromatic rings. The van der Waals surface area contributed by atoms with E-state index < -0.39 is 10.9 Å². The molecule has 21 heavy (non-hydrogen) atoms. The minimum atomic E-state index is -0.769. The molecule has 1 amide bonds. The summed E-state index contributed by atoms with van der Waals surface area (Å²) in [4.78, 5) is 35.0. The van der Waals surface area contributed by atoms with Crippen LogP contribution >= 0.6 is 0 Å². The van der Waals surface area contributed by atoms with Crippen molar-refractivity contribution in [2.24, 2.45) is 11.7 Å². The maximum atomic E-state index is 11.7. The Bertz CT molecular complexity index is 601. The van der Waals surface area contributed by atoms with Crippen molar-refractivity contribution in [1.82, 2.24) is 0 Å². The highest BCUT2D eigenvalue weighted by molar-refractivity contribution is 5.95. The number of carbonyl (C=O) groups excluding carboxylic acids is 2. The van der Waals surface area contributed by atoms with Gasteiger partial charge in [0.1, 0.15) is 5.56 Å². The number of rotatable bonds is 4. The first-order chi connectivity index (χ1) is 9.93. The van der Waals surface area contributed by atoms with Gasteiger partial charge in [0.05, 0.1) is 18.0 Å². The molecule has 8 heteroatoms. The van der Waals surface area contributed by atoms with Crippen LogP contribution in [0.25, 0.3) is 0 Å². The van der Waals surface area contributed by atoms with Gasteiger partial charge >= 0.3 is 5.97 Å². The van der Waals surface area contributed by atoms with Gasteiger partial charge in [0, 0.05) is 24.8 Å². The smallest absolute Gasteiger partial charge is 0.344 e. The van der Waals surface area contributed by atoms with Gasteiger partial charge in [-0.2, -0.15) is 0 Å². The van der Waals surface area contributed by atoms with Gasteiger partial charge in [-0.05, 0) is 18.6 Å². The molecule has 1 saturated heterocycles. The van der Waals surface area contributed by atoms with E-state index in [0.717, 1.165) is 7.11 Å². The Morgan fingerprint density at radius 1 is 1.48 bits per heavy atom. The summed E-state index contributed by atoms with van der Waals surface area (Å²) < 4.78 is 4.57. The van der Waals surface area contributed by atoms with Crippen LogP contribution in [0.5, 0.6) is 0 Å². The zero-order valence-electron chi connectivity index (χ0n) is 11.4. The number of hydrogen-bond acceptors (Lipinski definition) is 6. The third-order valence-corrected chi connectivity index (χ3v) is 3.54. The average Bonchev–Trinajstić information content (AvgIpc) is 2.95. The molecule has 2 rings (SSSR count). The van der Waals surface area contributed by atoms with Gasteiger partial charge in [-0.1, -0.05) is 0 Å². The van der Waals surface area contributed by atoms with Crippen molar-refractivity contribution in [3.63, 3.8) is 0 Å². The zero-order chi connectivity index (χ0) is 15.6. The number of nitrogens with zero attached hydrogens (tertiary/aromatic N) is 2. The average molecular weight is 293 g/mol. The van der Waals surface area contributed by atoms with Crippen LogP contribution in [0.2, 0.25) is 0 Å². The van der Waals surface area contributed by atoms with E-state index in [0.29, 0.717) is 25.2 Å². The summed E-state index contributed by atoms with van der Waals surface area (Å²) in [6, 6.07) is 4.22. The summed E-state index contributed by atoms with van der Waals surface area (Å²) in [6.45, 7) is 1.04. The summed E-state index contributed by atoms with van der Waals surface area (Å²) >= 11 is 0. The first kappa shape index (κ1) is 14.8. The molecule has 2 N–H and O–H groups in total. The molecule has 0 bridgehead atoms. The number of nitro benzene ring substituents is 1. The molecule has 0 radical (unpaired) electrons. The summed E-state index contributed by atoms with van der Waals surface area (Å²) in [5.41, 5.74) is 5.48. The zero-order valence-corrected chi connectivity index (χ0v) is 11.4. The van der Waals surface area contributed by atoms with Crippen molar-refractivity contribution < 1.29 is 19.2 Å². The Morgan fingerprint density at radius 3 is 2.71 bits per heavy atom. The number of ether oxygens (including phenoxy) is 1. The first-order valence-corrected chi connectivity index (χ1v) is 6.35. The van der Waals surface area contributed by atoms with Gasteiger partial charge in [-0.25, -0.2) is 4.79 Å². The second kappa shape index (κ2) is 5.78. The number of anilines is 1. The molecule has 1 atom stereocenters. The van der Waals surface area contributed by atoms with Crippen LogP contribution < -0.4 is 10.6 Å². The number of esters is 1. The van der Waals surface area contributed by atoms with E-state index in [1.807, 2.05) is 4.90 Å². The molecule has 1 aromatic carbocycles. The van der Waals surface area contributed by atoms with Crippen molar-refractivity contribution in [2.75, 3.05) is 25.1 Å². The lowest BCUT2D eigenvalue weighted by Gasteiger charge is -2.18. The highest BCUT2D eigenvalue weighted by Crippen LogP contribution is 2.29. The van der Waals surface area contributed by atoms with Crippen molar-refractivity contribution in [2.45, 2.75) is 6.42 Å². The van der Waals surface area contributed by atoms with Gasteiger partial charge in [-0.15, -0.1) is 0 Å². The number of hydrogen-bond donors (Lipinski definition) is 1. The Morgan fingerprint density at radius 2 is 2.19 bits per heavy atom. The number of carbonyl (C=O) groups is 2. The van der Waals surface area contributed by atoms with E-state index in [1.54, 1.807) is 6.07 Å². The number of primary amides is 1. The molecule has 1 fully saturated rings. The van der Waals surface area contributed by atoms with E-state index in [1.165, 1.54) is 12.1 Å². The van der Waals surface area contributed by atoms with Crippen molar-refractivity contribution in [3.8, 4) is 0 Å². The van der Waals surface area contributed by atoms with Crippen LogP contribution in [0.15, 0.2) is 18.2 Å². The molecule has 1 aliphatic heterocycles. The molecule has 1 unspecified atom stereocenters. The van der Waals surface area contributed by atoms with E-state index in [-0.39, 0.29) is 23.1 Å². The van der Waals surface area contributed by atoms with Crippen molar-refractivity contribution in [1.29, 1.82) is 0 Å². The normalized spacial score (nSPS) is 17.6. The highest BCUT2D eigenvalue weighted by Gasteiger charge is 2.29. The number of amides is 1. The van der Waals surface area contributed by atoms with E-state index in [9.17, 15) is 19.7 Å². The molecule has 1 aliphatic rings. The van der Waals surface area contributed by atoms with Gasteiger partial charge in [0.25, 0.3) is 5.69 Å². The second-order valence-electron chi connectivity index (χ2n) is 4.78. The third kappa shape index (κ3) is 2.93. The second-order valence-corrected chi connectivity index (χ2v) is 4.78. The van der Waals surface area contributed by atoms with E-state index >= 15 is 0 Å². The summed E-state index contributed by atoms with van der Waals surface area (Å²) in [5, 5.41) is 10.9. The molecular formula is C13H15N3O5. The largest absolute Gasteiger partial charge is 0.465 e. The number of nitro groups is 1. The third-order valence-electron chi connectivity index (χ3n) is 3.54. The Kier molecular flexibility index (Phi) is 4.06. The fraction of sp³-hybridized carbons (Fsp3) is 0.385. The minimum absolute atomic E-state index is 0.109. The van der Waals surface area contributed by atoms with Gasteiger partial charge < -0.3 is 15.4 Å². The summed E-state index contributed by atoms with van der Waals surface area (Å²) in [5.74, 6) is -1.39. The summed E-state index contributed by atoms with van der Waals surface area (Å²) in [6.07, 6.45) is 0.625. The molecule has 112 valence electrons. The van der Waals surface area contributed by atoms with Crippen molar-refractivity contribution >= 4 is 23.3 Å². The lowest BCUT2D eigenvalue weighted by atomic mass is 10.1. The first-order valence-electron chi connectivity index (χ1n) is 6.35. The van der Waals surface area contributed by atoms with Crippen LogP contribution in [0, 0.1) is 16.0 Å². The SMILES string of the molecule is COC(=O)c1cc(N2CCC(C(N)=O)C2)ccc1[N+](=O)[O-]. The van der Waals surface area contributed by atoms with Crippen LogP contribution in [0.4, 0.5) is 11.4 Å². The minimum Gasteiger partial charge on any atom is -0.465 e. The molecular weight excluding hydrogens is 278 g/mol. The molecule has 8 nitrogen and oxygen atoms in total. The fourth-order valence-corrected chi connectivity index (χ4v) is 2.38. The molecule has 0 aliphatic carbocycles. The lowest BCUT2D eigenvalue weighted by Crippen LogP contribution is -2.27. The standard InChI is InChI=1S/C13H15N3O5/c1-21-13(18)10-6-9(2-3-11(10)16(19)20)15-5-4-8(7-15)12(14)17/h2-3,6,8H,4-5,7H2,1H3,(H2,14,17). The Hall–Kier alpha value is -2.64. The summed E-state index contributed by atoms with van der Waals surface area (Å²) in [7, 11) is 1.16. The molecule has 0 spiro atoms. The van der Waals surface area contributed by atoms with Crippen LogP contribution in [-0.2, 0) is 9.53 Å². The van der Waals surface area contributed by atoms with Crippen LogP contribution in [-0.4, -0.2) is 37.0 Å². The Labute approximate surface area is 120 Å². The predicted octanol–water partition coefficient (Wildman–Crippen LogP) is 0.693. The van der Waals surface area contributed by atoms with E-state index in [2.05, 4.69) is 4.74 Å². The van der Waals surface area contributed by atoms with Gasteiger partial charge in [0.15, 0.2) is 0 Å². The predicted molar refractivity (Wildman–Crippen MR) is 74.0 cm³/mol. The van der Waals surface area contributed by atoms with Crippen LogP contribution in [0.1, 0.15) is 16.8 Å². The van der Waals surface area contributed by atoms with Gasteiger partial charge in [-0.3, -0.25) is 14.9 Å². The number of nitrogens with two attached hydrogens (primary N) is 1. The topological polar surface area (TPSA) is 116 Å². The maximum Gasteiger partial charge on any atom is 0.344 e. The number of methoxy groups -OCH3 is 1. The Balaban J connectivity index is 2.32. The number of benzene rings is 1. The quantitative estimate of drug-likeness (QED) is 0.496. The lowest BCUT2D eigenvalue weighted by molar-refractivity contribution is -0.385. The van der Waals surface area contributed by atoms with Crippen molar-refractivity contribution in [3.05, 3.63) is 33.9 Å². The molecule has 0 saturated carbocycles. The highest BCUT2D eigenvalue weighted by atomic mass is 16.6. The van der Waals surface area contributed by atoms with E-state index in [4.69, 9.17) is 5.73 Å². The van der Waals surface area contributed by atoms with Crippen LogP contribution in [0.3, 0.4) is 0 Å². The fourth-order valence-electron chi connectivity index (χ4n) is 2.38. The maximum absolute atomic E-state index is 11.7. The molecule has 0 aromatic heterocycles. The van der Waals surface area contributed by atoms with Gasteiger partial charge in [0.2, 0.25) is 5.91 Å². The molecule has 1 heterocycles.